The molecule has 21 heavy (non-hydrogen) atoms. The Morgan fingerprint density at radius 2 is 2.05 bits per heavy atom. The van der Waals surface area contributed by atoms with Crippen LogP contribution >= 0.6 is 23.2 Å². The number of carbonyl (C=O) groups is 1. The van der Waals surface area contributed by atoms with Crippen molar-refractivity contribution in [1.29, 1.82) is 0 Å². The number of nitrogens with one attached hydrogen (secondary N) is 2. The number of halogens is 3. The molecule has 0 atom stereocenters. The van der Waals surface area contributed by atoms with Gasteiger partial charge in [-0.15, -0.1) is 0 Å². The van der Waals surface area contributed by atoms with Crippen molar-refractivity contribution in [2.75, 3.05) is 12.4 Å². The second-order valence-electron chi connectivity index (χ2n) is 4.24. The average Bonchev–Trinajstić information content (AvgIpc) is 2.47. The Morgan fingerprint density at radius 3 is 2.71 bits per heavy atom. The summed E-state index contributed by atoms with van der Waals surface area (Å²) in [6, 6.07) is 7.33. The lowest BCUT2D eigenvalue weighted by Crippen LogP contribution is -2.23. The van der Waals surface area contributed by atoms with E-state index < -0.39 is 5.82 Å². The molecule has 0 aliphatic carbocycles. The first kappa shape index (κ1) is 15.5. The molecular formula is C14H12Cl2FN3O. The van der Waals surface area contributed by atoms with Crippen LogP contribution in [0.15, 0.2) is 30.3 Å². The molecule has 1 aromatic carbocycles. The maximum Gasteiger partial charge on any atom is 0.251 e. The van der Waals surface area contributed by atoms with E-state index in [-0.39, 0.29) is 22.6 Å². The summed E-state index contributed by atoms with van der Waals surface area (Å²) >= 11 is 11.5. The van der Waals surface area contributed by atoms with Crippen molar-refractivity contribution in [2.45, 2.75) is 6.54 Å². The number of pyridine rings is 1. The molecule has 0 radical (unpaired) electrons. The molecule has 2 aromatic rings. The summed E-state index contributed by atoms with van der Waals surface area (Å²) in [5.41, 5.74) is 1.08. The highest BCUT2D eigenvalue weighted by atomic mass is 35.5. The molecule has 0 bridgehead atoms. The van der Waals surface area contributed by atoms with E-state index in [0.29, 0.717) is 16.9 Å². The van der Waals surface area contributed by atoms with Crippen molar-refractivity contribution in [2.24, 2.45) is 0 Å². The number of carbonyl (C=O) groups excluding carboxylic acids is 1. The lowest BCUT2D eigenvalue weighted by molar-refractivity contribution is 0.0951. The van der Waals surface area contributed by atoms with Crippen LogP contribution in [0.3, 0.4) is 0 Å². The average molecular weight is 328 g/mol. The van der Waals surface area contributed by atoms with Crippen LogP contribution < -0.4 is 10.6 Å². The minimum Gasteiger partial charge on any atom is -0.373 e. The minimum atomic E-state index is -0.494. The zero-order chi connectivity index (χ0) is 15.4. The number of nitrogens with zero attached hydrogens (tertiary/aromatic N) is 1. The van der Waals surface area contributed by atoms with Crippen molar-refractivity contribution in [3.8, 4) is 0 Å². The van der Waals surface area contributed by atoms with Crippen LogP contribution in [-0.2, 0) is 6.54 Å². The van der Waals surface area contributed by atoms with Crippen LogP contribution in [0.5, 0.6) is 0 Å². The van der Waals surface area contributed by atoms with E-state index in [9.17, 15) is 9.18 Å². The second-order valence-corrected chi connectivity index (χ2v) is 5.04. The molecule has 110 valence electrons. The van der Waals surface area contributed by atoms with Gasteiger partial charge in [-0.05, 0) is 29.8 Å². The molecule has 1 aromatic heterocycles. The fourth-order valence-electron chi connectivity index (χ4n) is 1.69. The highest BCUT2D eigenvalue weighted by Gasteiger charge is 2.09. The SMILES string of the molecule is CNc1cc(C(=O)NCc2ccc(F)c(Cl)c2)cc(Cl)n1. The first-order valence-electron chi connectivity index (χ1n) is 6.07. The molecule has 0 fully saturated rings. The van der Waals surface area contributed by atoms with Crippen molar-refractivity contribution < 1.29 is 9.18 Å². The van der Waals surface area contributed by atoms with Crippen molar-refractivity contribution in [3.63, 3.8) is 0 Å². The highest BCUT2D eigenvalue weighted by molar-refractivity contribution is 6.30. The predicted molar refractivity (Wildman–Crippen MR) is 81.4 cm³/mol. The normalized spacial score (nSPS) is 10.3. The second kappa shape index (κ2) is 6.74. The minimum absolute atomic E-state index is 0.0196. The Bertz CT molecular complexity index is 679. The van der Waals surface area contributed by atoms with Crippen molar-refractivity contribution >= 4 is 34.9 Å². The molecular weight excluding hydrogens is 316 g/mol. The number of benzene rings is 1. The van der Waals surface area contributed by atoms with Crippen LogP contribution in [0.25, 0.3) is 0 Å². The van der Waals surface area contributed by atoms with Gasteiger partial charge in [0.25, 0.3) is 5.91 Å². The van der Waals surface area contributed by atoms with E-state index in [1.54, 1.807) is 19.2 Å². The third kappa shape index (κ3) is 4.06. The molecule has 0 aliphatic rings. The maximum absolute atomic E-state index is 13.0. The molecule has 2 N–H and O–H groups in total. The van der Waals surface area contributed by atoms with E-state index in [2.05, 4.69) is 15.6 Å². The summed E-state index contributed by atoms with van der Waals surface area (Å²) in [6.07, 6.45) is 0. The summed E-state index contributed by atoms with van der Waals surface area (Å²) in [6.45, 7) is 0.230. The van der Waals surface area contributed by atoms with Gasteiger partial charge in [-0.25, -0.2) is 9.37 Å². The maximum atomic E-state index is 13.0. The Hall–Kier alpha value is -1.85. The number of anilines is 1. The van der Waals surface area contributed by atoms with E-state index in [4.69, 9.17) is 23.2 Å². The van der Waals surface area contributed by atoms with Crippen LogP contribution in [0.2, 0.25) is 10.2 Å². The Morgan fingerprint density at radius 1 is 1.29 bits per heavy atom. The third-order valence-electron chi connectivity index (χ3n) is 2.75. The number of amides is 1. The van der Waals surface area contributed by atoms with Crippen molar-refractivity contribution in [1.82, 2.24) is 10.3 Å². The molecule has 0 aliphatic heterocycles. The van der Waals surface area contributed by atoms with Gasteiger partial charge in [-0.3, -0.25) is 4.79 Å². The lowest BCUT2D eigenvalue weighted by atomic mass is 10.2. The molecule has 0 spiro atoms. The molecule has 7 heteroatoms. The van der Waals surface area contributed by atoms with Gasteiger partial charge in [0.15, 0.2) is 0 Å². The zero-order valence-electron chi connectivity index (χ0n) is 11.1. The molecule has 0 saturated heterocycles. The Labute approximate surface area is 131 Å². The van der Waals surface area contributed by atoms with Crippen LogP contribution in [0.1, 0.15) is 15.9 Å². The number of hydrogen-bond donors (Lipinski definition) is 2. The Kier molecular flexibility index (Phi) is 4.98. The molecule has 2 rings (SSSR count). The number of hydrogen-bond acceptors (Lipinski definition) is 3. The predicted octanol–water partition coefficient (Wildman–Crippen LogP) is 3.50. The standard InChI is InChI=1S/C14H12Cl2FN3O/c1-18-13-6-9(5-12(16)20-13)14(21)19-7-8-2-3-11(17)10(15)4-8/h2-6H,7H2,1H3,(H,18,20)(H,19,21). The molecule has 1 heterocycles. The summed E-state index contributed by atoms with van der Waals surface area (Å²) in [7, 11) is 1.68. The summed E-state index contributed by atoms with van der Waals surface area (Å²) in [5.74, 6) is -0.306. The van der Waals surface area contributed by atoms with E-state index >= 15 is 0 Å². The molecule has 0 saturated carbocycles. The van der Waals surface area contributed by atoms with Gasteiger partial charge in [-0.1, -0.05) is 29.3 Å². The molecule has 4 nitrogen and oxygen atoms in total. The number of aromatic nitrogens is 1. The van der Waals surface area contributed by atoms with Crippen LogP contribution in [0.4, 0.5) is 10.2 Å². The van der Waals surface area contributed by atoms with Gasteiger partial charge < -0.3 is 10.6 Å². The summed E-state index contributed by atoms with van der Waals surface area (Å²) in [5, 5.41) is 5.76. The summed E-state index contributed by atoms with van der Waals surface area (Å²) < 4.78 is 13.0. The molecule has 1 amide bonds. The molecule has 0 unspecified atom stereocenters. The third-order valence-corrected chi connectivity index (χ3v) is 3.23. The van der Waals surface area contributed by atoms with Gasteiger partial charge in [-0.2, -0.15) is 0 Å². The number of rotatable bonds is 4. The lowest BCUT2D eigenvalue weighted by Gasteiger charge is -2.08. The first-order chi connectivity index (χ1) is 9.99. The topological polar surface area (TPSA) is 54.0 Å². The van der Waals surface area contributed by atoms with Gasteiger partial charge >= 0.3 is 0 Å². The fraction of sp³-hybridized carbons (Fsp3) is 0.143. The quantitative estimate of drug-likeness (QED) is 0.845. The monoisotopic (exact) mass is 327 g/mol. The van der Waals surface area contributed by atoms with E-state index in [1.165, 1.54) is 18.2 Å². The van der Waals surface area contributed by atoms with E-state index in [0.717, 1.165) is 0 Å². The summed E-state index contributed by atoms with van der Waals surface area (Å²) in [4.78, 5) is 16.0. The van der Waals surface area contributed by atoms with E-state index in [1.807, 2.05) is 0 Å². The van der Waals surface area contributed by atoms with Gasteiger partial charge in [0.05, 0.1) is 5.02 Å². The highest BCUT2D eigenvalue weighted by Crippen LogP contribution is 2.17. The van der Waals surface area contributed by atoms with Crippen molar-refractivity contribution in [3.05, 3.63) is 57.5 Å². The smallest absolute Gasteiger partial charge is 0.251 e. The fourth-order valence-corrected chi connectivity index (χ4v) is 2.10. The van der Waals surface area contributed by atoms with Gasteiger partial charge in [0.2, 0.25) is 0 Å². The first-order valence-corrected chi connectivity index (χ1v) is 6.82. The van der Waals surface area contributed by atoms with Gasteiger partial charge in [0, 0.05) is 19.2 Å². The van der Waals surface area contributed by atoms with Crippen LogP contribution in [-0.4, -0.2) is 17.9 Å². The van der Waals surface area contributed by atoms with Gasteiger partial charge in [0.1, 0.15) is 16.8 Å². The van der Waals surface area contributed by atoms with Crippen LogP contribution in [0, 0.1) is 5.82 Å². The Balaban J connectivity index is 2.07. The zero-order valence-corrected chi connectivity index (χ0v) is 12.6. The largest absolute Gasteiger partial charge is 0.373 e.